The minimum absolute atomic E-state index is 0.0103. The highest BCUT2D eigenvalue weighted by atomic mass is 29.3. The van der Waals surface area contributed by atoms with Crippen molar-refractivity contribution in [3.05, 3.63) is 48.5 Å². The third-order valence-electron chi connectivity index (χ3n) is 9.60. The molecule has 46 heavy (non-hydrogen) atoms. The van der Waals surface area contributed by atoms with Crippen LogP contribution in [-0.4, -0.2) is 42.0 Å². The van der Waals surface area contributed by atoms with Crippen LogP contribution in [0.2, 0.25) is 10.1 Å². The molecule has 0 spiro atoms. The van der Waals surface area contributed by atoms with E-state index in [2.05, 4.69) is 191 Å². The van der Waals surface area contributed by atoms with Crippen LogP contribution >= 0.6 is 0 Å². The Hall–Kier alpha value is -1.93. The van der Waals surface area contributed by atoms with E-state index in [9.17, 15) is 0 Å². The summed E-state index contributed by atoms with van der Waals surface area (Å²) < 4.78 is 12.4. The Morgan fingerprint density at radius 3 is 0.652 bits per heavy atom. The van der Waals surface area contributed by atoms with E-state index in [0.717, 1.165) is 26.2 Å². The molecule has 4 rings (SSSR count). The second-order valence-corrected chi connectivity index (χ2v) is 33.4. The molecule has 0 unspecified atom stereocenters. The number of hydrogen-bond donors (Lipinski definition) is 0. The van der Waals surface area contributed by atoms with Crippen LogP contribution in [0.3, 0.4) is 0 Å². The summed E-state index contributed by atoms with van der Waals surface area (Å²) in [6.45, 7) is 49.4. The highest BCUT2D eigenvalue weighted by molar-refractivity contribution is 7.49. The highest BCUT2D eigenvalue weighted by Gasteiger charge is 2.82. The lowest BCUT2D eigenvalue weighted by Gasteiger charge is -2.68. The van der Waals surface area contributed by atoms with E-state index in [-0.39, 0.29) is 31.7 Å². The topological polar surface area (TPSA) is 13.0 Å². The van der Waals surface area contributed by atoms with Crippen LogP contribution in [0.4, 0.5) is 22.7 Å². The first kappa shape index (κ1) is 36.9. The number of para-hydroxylation sites is 4. The fraction of sp³-hybridized carbons (Fsp3) is 0.700. The minimum Gasteiger partial charge on any atom is -0.378 e. The lowest BCUT2D eigenvalue weighted by molar-refractivity contribution is 0.411. The van der Waals surface area contributed by atoms with Crippen LogP contribution in [0.1, 0.15) is 125 Å². The van der Waals surface area contributed by atoms with Crippen LogP contribution in [0.15, 0.2) is 48.5 Å². The Bertz CT molecular complexity index is 1200. The molecule has 2 aliphatic rings. The molecule has 0 bridgehead atoms. The molecule has 2 aliphatic heterocycles. The molecule has 2 aromatic rings. The van der Waals surface area contributed by atoms with E-state index in [4.69, 9.17) is 0 Å². The Morgan fingerprint density at radius 1 is 0.348 bits per heavy atom. The molecule has 4 nitrogen and oxygen atoms in total. The van der Waals surface area contributed by atoms with Crippen LogP contribution in [0.5, 0.6) is 0 Å². The van der Waals surface area contributed by atoms with Crippen LogP contribution < -0.4 is 18.3 Å². The van der Waals surface area contributed by atoms with Gasteiger partial charge in [-0.3, -0.25) is 0 Å². The number of anilines is 4. The van der Waals surface area contributed by atoms with Crippen molar-refractivity contribution in [2.75, 3.05) is 44.4 Å². The number of nitrogens with zero attached hydrogens (tertiary/aromatic N) is 4. The average molecular weight is 663 g/mol. The Kier molecular flexibility index (Phi) is 9.08. The predicted molar refractivity (Wildman–Crippen MR) is 211 cm³/mol. The molecule has 2 heterocycles. The Labute approximate surface area is 287 Å². The van der Waals surface area contributed by atoms with E-state index in [1.165, 1.54) is 22.7 Å². The van der Waals surface area contributed by atoms with Crippen LogP contribution in [0, 0.1) is 21.7 Å². The van der Waals surface area contributed by atoms with Crippen molar-refractivity contribution >= 4 is 38.6 Å². The third-order valence-corrected chi connectivity index (χ3v) is 30.1. The smallest absolute Gasteiger partial charge is 0.304 e. The molecule has 2 aromatic carbocycles. The lowest BCUT2D eigenvalue weighted by atomic mass is 9.96. The maximum absolute atomic E-state index is 3.10. The zero-order chi connectivity index (χ0) is 35.1. The van der Waals surface area contributed by atoms with Gasteiger partial charge >= 0.3 is 15.8 Å². The molecule has 0 saturated carbocycles. The summed E-state index contributed by atoms with van der Waals surface area (Å²) >= 11 is 0. The first-order valence-electron chi connectivity index (χ1n) is 17.9. The van der Waals surface area contributed by atoms with E-state index < -0.39 is 15.8 Å². The molecule has 0 N–H and O–H groups in total. The summed E-state index contributed by atoms with van der Waals surface area (Å²) in [5.41, 5.74) is 6.33. The van der Waals surface area contributed by atoms with Crippen molar-refractivity contribution in [2.45, 2.75) is 135 Å². The van der Waals surface area contributed by atoms with Gasteiger partial charge in [0.15, 0.2) is 0 Å². The Balaban J connectivity index is 2.36. The quantitative estimate of drug-likeness (QED) is 0.295. The molecular weight excluding hydrogens is 593 g/mol. The third kappa shape index (κ3) is 6.19. The van der Waals surface area contributed by atoms with E-state index in [1.54, 1.807) is 0 Å². The summed E-state index contributed by atoms with van der Waals surface area (Å²) in [5.74, 6) is 0. The second kappa shape index (κ2) is 11.3. The van der Waals surface area contributed by atoms with Crippen molar-refractivity contribution in [2.24, 2.45) is 21.7 Å². The summed E-state index contributed by atoms with van der Waals surface area (Å²) in [5, 5.41) is 0.0205. The normalized spacial score (nSPS) is 18.7. The average Bonchev–Trinajstić information content (AvgIpc) is 3.23. The zero-order valence-electron chi connectivity index (χ0n) is 33.2. The summed E-state index contributed by atoms with van der Waals surface area (Å²) in [6.07, 6.45) is 0. The predicted octanol–water partition coefficient (Wildman–Crippen LogP) is 11.4. The van der Waals surface area contributed by atoms with Crippen molar-refractivity contribution in [3.8, 4) is 0 Å². The number of hydrogen-bond acceptors (Lipinski definition) is 4. The van der Waals surface area contributed by atoms with Gasteiger partial charge in [0.1, 0.15) is 0 Å². The zero-order valence-corrected chi connectivity index (χ0v) is 35.2. The summed E-state index contributed by atoms with van der Waals surface area (Å²) in [6, 6.07) is 19.0. The van der Waals surface area contributed by atoms with Gasteiger partial charge in [-0.05, 0) is 56.0 Å². The number of fused-ring (bicyclic) bond motifs is 2. The molecule has 258 valence electrons. The van der Waals surface area contributed by atoms with Gasteiger partial charge in [-0.1, -0.05) is 149 Å². The van der Waals surface area contributed by atoms with Gasteiger partial charge in [0, 0.05) is 26.2 Å². The first-order chi connectivity index (χ1) is 20.6. The molecule has 0 atom stereocenters. The van der Waals surface area contributed by atoms with Crippen molar-refractivity contribution < 1.29 is 0 Å². The standard InChI is InChI=1S/C40H70N4Si2/c1-35(2,3)27-41-31-23-19-20-24-32(31)42(28-36(4,5)6)45(41,39(13,14)15)46(40(16,17)18)43(29-37(7,8)9)33-25-21-22-26-34(33)44(46)30-38(10,11)12/h19-26H,27-30H2,1-18H3. The van der Waals surface area contributed by atoms with Crippen LogP contribution in [0.25, 0.3) is 0 Å². The summed E-state index contributed by atoms with van der Waals surface area (Å²) in [7, 11) is -5.67. The van der Waals surface area contributed by atoms with E-state index >= 15 is 0 Å². The second-order valence-electron chi connectivity index (χ2n) is 21.4. The molecular formula is C40H70N4Si2. The van der Waals surface area contributed by atoms with Gasteiger partial charge in [-0.15, -0.1) is 0 Å². The largest absolute Gasteiger partial charge is 0.378 e. The molecule has 0 amide bonds. The maximum Gasteiger partial charge on any atom is 0.304 e. The fourth-order valence-electron chi connectivity index (χ4n) is 8.94. The summed E-state index contributed by atoms with van der Waals surface area (Å²) in [4.78, 5) is 0. The molecule has 0 saturated heterocycles. The first-order valence-corrected chi connectivity index (χ1v) is 22.7. The van der Waals surface area contributed by atoms with Gasteiger partial charge in [-0.2, -0.15) is 0 Å². The fourth-order valence-corrected chi connectivity index (χ4v) is 34.5. The van der Waals surface area contributed by atoms with Gasteiger partial charge < -0.3 is 18.3 Å². The van der Waals surface area contributed by atoms with Crippen molar-refractivity contribution in [1.29, 1.82) is 0 Å². The van der Waals surface area contributed by atoms with Crippen molar-refractivity contribution in [1.82, 2.24) is 0 Å². The van der Waals surface area contributed by atoms with Gasteiger partial charge in [-0.25, -0.2) is 0 Å². The molecule has 0 aromatic heterocycles. The Morgan fingerprint density at radius 2 is 0.522 bits per heavy atom. The number of benzene rings is 2. The molecule has 6 heteroatoms. The SMILES string of the molecule is CC(C)(C)CN1c2ccccc2N(CC(C)(C)C)[Si]1(C(C)(C)C)[Si]1(C(C)(C)C)N(CC(C)(C)C)c2ccccc2N1CC(C)(C)C. The van der Waals surface area contributed by atoms with Crippen LogP contribution in [-0.2, 0) is 0 Å². The molecule has 0 aliphatic carbocycles. The number of rotatable bonds is 5. The van der Waals surface area contributed by atoms with E-state index in [1.807, 2.05) is 0 Å². The van der Waals surface area contributed by atoms with E-state index in [0.29, 0.717) is 0 Å². The maximum atomic E-state index is 3.10. The highest BCUT2D eigenvalue weighted by Crippen LogP contribution is 2.67. The van der Waals surface area contributed by atoms with Gasteiger partial charge in [0.25, 0.3) is 0 Å². The van der Waals surface area contributed by atoms with Crippen molar-refractivity contribution in [3.63, 3.8) is 0 Å². The van der Waals surface area contributed by atoms with Gasteiger partial charge in [0.05, 0.1) is 22.7 Å². The molecule has 0 fully saturated rings. The minimum atomic E-state index is -2.84. The monoisotopic (exact) mass is 663 g/mol. The lowest BCUT2D eigenvalue weighted by Crippen LogP contribution is -2.94. The molecule has 0 radical (unpaired) electrons. The van der Waals surface area contributed by atoms with Gasteiger partial charge in [0.2, 0.25) is 0 Å².